The molecule has 2 heterocycles. The van der Waals surface area contributed by atoms with E-state index in [4.69, 9.17) is 9.47 Å². The molecule has 2 aromatic rings. The summed E-state index contributed by atoms with van der Waals surface area (Å²) in [5.74, 6) is 0.963. The van der Waals surface area contributed by atoms with E-state index in [1.165, 1.54) is 0 Å². The fraction of sp³-hybridized carbons (Fsp3) is 0.391. The van der Waals surface area contributed by atoms with Crippen LogP contribution in [0.2, 0.25) is 0 Å². The quantitative estimate of drug-likeness (QED) is 0.814. The van der Waals surface area contributed by atoms with E-state index in [-0.39, 0.29) is 18.0 Å². The molecule has 7 heteroatoms. The average molecular weight is 409 g/mol. The van der Waals surface area contributed by atoms with Crippen LogP contribution in [0, 0.1) is 0 Å². The predicted octanol–water partition coefficient (Wildman–Crippen LogP) is 3.75. The Bertz CT molecular complexity index is 975. The number of ether oxygens (including phenoxy) is 2. The Morgan fingerprint density at radius 3 is 2.63 bits per heavy atom. The molecule has 2 aliphatic heterocycles. The number of piperidine rings is 1. The summed E-state index contributed by atoms with van der Waals surface area (Å²) in [6, 6.07) is 10.5. The maximum atomic E-state index is 13.0. The Kier molecular flexibility index (Phi) is 5.53. The second-order valence-electron chi connectivity index (χ2n) is 7.52. The van der Waals surface area contributed by atoms with Gasteiger partial charge in [0.05, 0.1) is 25.5 Å². The van der Waals surface area contributed by atoms with E-state index >= 15 is 0 Å². The van der Waals surface area contributed by atoms with Gasteiger partial charge in [-0.3, -0.25) is 9.59 Å². The second-order valence-corrected chi connectivity index (χ2v) is 7.52. The zero-order valence-electron chi connectivity index (χ0n) is 17.6. The molecule has 2 amide bonds. The van der Waals surface area contributed by atoms with Gasteiger partial charge in [0, 0.05) is 30.4 Å². The highest BCUT2D eigenvalue weighted by molar-refractivity contribution is 6.08. The van der Waals surface area contributed by atoms with Crippen molar-refractivity contribution in [2.45, 2.75) is 32.4 Å². The number of benzene rings is 2. The zero-order chi connectivity index (χ0) is 21.3. The van der Waals surface area contributed by atoms with E-state index in [0.29, 0.717) is 28.3 Å². The second kappa shape index (κ2) is 8.26. The first-order valence-electron chi connectivity index (χ1n) is 10.3. The largest absolute Gasteiger partial charge is 0.493 e. The van der Waals surface area contributed by atoms with Gasteiger partial charge in [0.2, 0.25) is 0 Å². The van der Waals surface area contributed by atoms with Crippen molar-refractivity contribution in [2.24, 2.45) is 0 Å². The number of fused-ring (bicyclic) bond motifs is 2. The van der Waals surface area contributed by atoms with Crippen LogP contribution in [0.1, 0.15) is 46.9 Å². The molecule has 0 aliphatic carbocycles. The molecule has 1 N–H and O–H groups in total. The third-order valence-corrected chi connectivity index (χ3v) is 5.87. The standard InChI is InChI=1S/C23H27N3O4/c1-4-25-18-13-15(8-10-17(18)23(28)26-12-6-5-7-21(25)26)22(27)24-16-9-11-19(29-2)20(14-16)30-3/h8-11,13-14,21H,4-7,12H2,1-3H3,(H,24,27)/t21-/m0/s1. The molecule has 4 rings (SSSR count). The molecule has 158 valence electrons. The van der Waals surface area contributed by atoms with Crippen LogP contribution >= 0.6 is 0 Å². The fourth-order valence-corrected chi connectivity index (χ4v) is 4.38. The lowest BCUT2D eigenvalue weighted by Crippen LogP contribution is -2.57. The molecule has 1 atom stereocenters. The van der Waals surface area contributed by atoms with Crippen LogP contribution in [-0.2, 0) is 0 Å². The number of rotatable bonds is 5. The average Bonchev–Trinajstić information content (AvgIpc) is 2.79. The van der Waals surface area contributed by atoms with E-state index in [2.05, 4.69) is 17.1 Å². The Hall–Kier alpha value is -3.22. The Morgan fingerprint density at radius 2 is 1.90 bits per heavy atom. The van der Waals surface area contributed by atoms with Crippen molar-refractivity contribution in [3.05, 3.63) is 47.5 Å². The van der Waals surface area contributed by atoms with Gasteiger partial charge in [0.1, 0.15) is 6.17 Å². The maximum absolute atomic E-state index is 13.0. The normalized spacial score (nSPS) is 17.8. The highest BCUT2D eigenvalue weighted by atomic mass is 16.5. The van der Waals surface area contributed by atoms with Crippen LogP contribution in [0.15, 0.2) is 36.4 Å². The molecule has 0 spiro atoms. The number of methoxy groups -OCH3 is 2. The summed E-state index contributed by atoms with van der Waals surface area (Å²) in [5.41, 5.74) is 2.62. The number of carbonyl (C=O) groups excluding carboxylic acids is 2. The molecule has 2 aromatic carbocycles. The van der Waals surface area contributed by atoms with Crippen molar-refractivity contribution in [2.75, 3.05) is 37.5 Å². The number of hydrogen-bond acceptors (Lipinski definition) is 5. The number of anilines is 2. The first-order chi connectivity index (χ1) is 14.6. The molecular formula is C23H27N3O4. The lowest BCUT2D eigenvalue weighted by Gasteiger charge is -2.47. The summed E-state index contributed by atoms with van der Waals surface area (Å²) in [6.07, 6.45) is 3.19. The maximum Gasteiger partial charge on any atom is 0.257 e. The van der Waals surface area contributed by atoms with E-state index in [1.54, 1.807) is 44.6 Å². The van der Waals surface area contributed by atoms with Gasteiger partial charge >= 0.3 is 0 Å². The zero-order valence-corrected chi connectivity index (χ0v) is 17.6. The smallest absolute Gasteiger partial charge is 0.257 e. The van der Waals surface area contributed by atoms with E-state index in [0.717, 1.165) is 38.0 Å². The molecule has 0 radical (unpaired) electrons. The van der Waals surface area contributed by atoms with Crippen molar-refractivity contribution >= 4 is 23.2 Å². The van der Waals surface area contributed by atoms with Gasteiger partial charge in [-0.2, -0.15) is 0 Å². The number of amides is 2. The van der Waals surface area contributed by atoms with Crippen molar-refractivity contribution in [3.63, 3.8) is 0 Å². The van der Waals surface area contributed by atoms with Crippen molar-refractivity contribution in [3.8, 4) is 11.5 Å². The molecule has 1 saturated heterocycles. The van der Waals surface area contributed by atoms with Crippen molar-refractivity contribution in [1.29, 1.82) is 0 Å². The minimum absolute atomic E-state index is 0.0613. The van der Waals surface area contributed by atoms with Crippen molar-refractivity contribution in [1.82, 2.24) is 4.90 Å². The van der Waals surface area contributed by atoms with Gasteiger partial charge in [0.15, 0.2) is 11.5 Å². The van der Waals surface area contributed by atoms with Crippen LogP contribution in [0.3, 0.4) is 0 Å². The third-order valence-electron chi connectivity index (χ3n) is 5.87. The molecule has 30 heavy (non-hydrogen) atoms. The molecule has 2 aliphatic rings. The Balaban J connectivity index is 1.62. The SMILES string of the molecule is CCN1c2cc(C(=O)Nc3ccc(OC)c(OC)c3)ccc2C(=O)N2CCCC[C@H]21. The molecule has 0 aromatic heterocycles. The molecule has 0 saturated carbocycles. The van der Waals surface area contributed by atoms with Gasteiger partial charge in [-0.05, 0) is 56.5 Å². The van der Waals surface area contributed by atoms with E-state index in [9.17, 15) is 9.59 Å². The molecule has 0 unspecified atom stereocenters. The molecule has 7 nitrogen and oxygen atoms in total. The molecular weight excluding hydrogens is 382 g/mol. The molecule has 1 fully saturated rings. The first kappa shape index (κ1) is 20.1. The Morgan fingerprint density at radius 1 is 1.10 bits per heavy atom. The van der Waals surface area contributed by atoms with Crippen molar-refractivity contribution < 1.29 is 19.1 Å². The number of hydrogen-bond donors (Lipinski definition) is 1. The van der Waals surface area contributed by atoms with Gasteiger partial charge in [-0.1, -0.05) is 0 Å². The van der Waals surface area contributed by atoms with Crippen LogP contribution < -0.4 is 19.7 Å². The summed E-state index contributed by atoms with van der Waals surface area (Å²) >= 11 is 0. The summed E-state index contributed by atoms with van der Waals surface area (Å²) in [5, 5.41) is 2.90. The van der Waals surface area contributed by atoms with Crippen LogP contribution in [0.4, 0.5) is 11.4 Å². The lowest BCUT2D eigenvalue weighted by molar-refractivity contribution is 0.0582. The number of nitrogens with one attached hydrogen (secondary N) is 1. The van der Waals surface area contributed by atoms with Crippen LogP contribution in [0.25, 0.3) is 0 Å². The molecule has 0 bridgehead atoms. The summed E-state index contributed by atoms with van der Waals surface area (Å²) in [6.45, 7) is 3.66. The van der Waals surface area contributed by atoms with E-state index < -0.39 is 0 Å². The predicted molar refractivity (Wildman–Crippen MR) is 116 cm³/mol. The third kappa shape index (κ3) is 3.44. The van der Waals surface area contributed by atoms with Gasteiger partial charge in [0.25, 0.3) is 11.8 Å². The first-order valence-corrected chi connectivity index (χ1v) is 10.3. The summed E-state index contributed by atoms with van der Waals surface area (Å²) < 4.78 is 10.5. The topological polar surface area (TPSA) is 71.1 Å². The summed E-state index contributed by atoms with van der Waals surface area (Å²) in [7, 11) is 3.12. The summed E-state index contributed by atoms with van der Waals surface area (Å²) in [4.78, 5) is 30.1. The number of carbonyl (C=O) groups is 2. The minimum Gasteiger partial charge on any atom is -0.493 e. The highest BCUT2D eigenvalue weighted by Crippen LogP contribution is 2.36. The monoisotopic (exact) mass is 409 g/mol. The van der Waals surface area contributed by atoms with Gasteiger partial charge < -0.3 is 24.6 Å². The number of nitrogens with zero attached hydrogens (tertiary/aromatic N) is 2. The highest BCUT2D eigenvalue weighted by Gasteiger charge is 2.38. The lowest BCUT2D eigenvalue weighted by atomic mass is 9.97. The van der Waals surface area contributed by atoms with Gasteiger partial charge in [-0.25, -0.2) is 0 Å². The van der Waals surface area contributed by atoms with Gasteiger partial charge in [-0.15, -0.1) is 0 Å². The van der Waals surface area contributed by atoms with Crippen LogP contribution in [0.5, 0.6) is 11.5 Å². The fourth-order valence-electron chi connectivity index (χ4n) is 4.38. The minimum atomic E-state index is -0.236. The van der Waals surface area contributed by atoms with E-state index in [1.807, 2.05) is 11.0 Å². The van der Waals surface area contributed by atoms with Crippen LogP contribution in [-0.4, -0.2) is 50.2 Å². The Labute approximate surface area is 176 Å².